The molecule has 0 unspecified atom stereocenters. The summed E-state index contributed by atoms with van der Waals surface area (Å²) in [4.78, 5) is 31.0. The van der Waals surface area contributed by atoms with E-state index in [2.05, 4.69) is 5.32 Å². The van der Waals surface area contributed by atoms with Gasteiger partial charge < -0.3 is 24.6 Å². The topological polar surface area (TPSA) is 107 Å². The number of methoxy groups -OCH3 is 1. The molecule has 1 aliphatic carbocycles. The molecule has 1 aliphatic heterocycles. The molecule has 8 nitrogen and oxygen atoms in total. The first-order valence-electron chi connectivity index (χ1n) is 13.9. The molecule has 9 heteroatoms. The molecule has 216 valence electrons. The number of carbonyl (C=O) groups is 2. The summed E-state index contributed by atoms with van der Waals surface area (Å²) >= 11 is 0. The number of likely N-dealkylation sites (N-methyl/N-ethyl adjacent to an activating group) is 1. The van der Waals surface area contributed by atoms with Crippen LogP contribution in [-0.4, -0.2) is 48.1 Å². The van der Waals surface area contributed by atoms with Crippen molar-refractivity contribution in [1.29, 1.82) is 0 Å². The summed E-state index contributed by atoms with van der Waals surface area (Å²) in [5, 5.41) is 14.5. The Bertz CT molecular complexity index is 1470. The second kappa shape index (κ2) is 11.1. The normalized spacial score (nSPS) is 19.1. The largest absolute Gasteiger partial charge is 0.493 e. The van der Waals surface area contributed by atoms with Crippen molar-refractivity contribution in [3.63, 3.8) is 0 Å². The number of pyridine rings is 1. The Morgan fingerprint density at radius 1 is 1.17 bits per heavy atom. The number of fused-ring (bicyclic) bond motifs is 1. The Labute approximate surface area is 238 Å². The van der Waals surface area contributed by atoms with Gasteiger partial charge >= 0.3 is 0 Å². The van der Waals surface area contributed by atoms with Gasteiger partial charge in [-0.2, -0.15) is 0 Å². The minimum absolute atomic E-state index is 0.0354. The van der Waals surface area contributed by atoms with Gasteiger partial charge in [-0.1, -0.05) is 0 Å². The maximum Gasteiger partial charge on any atom is 0.233 e. The zero-order valence-electron chi connectivity index (χ0n) is 23.8. The van der Waals surface area contributed by atoms with Crippen LogP contribution in [0.2, 0.25) is 0 Å². The lowest BCUT2D eigenvalue weighted by molar-refractivity contribution is -0.126. The second-order valence-electron chi connectivity index (χ2n) is 11.1. The van der Waals surface area contributed by atoms with Gasteiger partial charge in [-0.15, -0.1) is 0 Å². The van der Waals surface area contributed by atoms with Crippen molar-refractivity contribution in [1.82, 2.24) is 10.3 Å². The van der Waals surface area contributed by atoms with Crippen molar-refractivity contribution in [3.05, 3.63) is 71.2 Å². The Kier molecular flexibility index (Phi) is 7.74. The van der Waals surface area contributed by atoms with Gasteiger partial charge in [-0.3, -0.25) is 9.59 Å². The quantitative estimate of drug-likeness (QED) is 0.314. The van der Waals surface area contributed by atoms with Gasteiger partial charge in [0, 0.05) is 29.7 Å². The van der Waals surface area contributed by atoms with Crippen molar-refractivity contribution in [3.8, 4) is 28.5 Å². The van der Waals surface area contributed by atoms with E-state index < -0.39 is 16.8 Å². The zero-order chi connectivity index (χ0) is 29.4. The van der Waals surface area contributed by atoms with E-state index in [9.17, 15) is 19.1 Å². The number of ketones is 1. The summed E-state index contributed by atoms with van der Waals surface area (Å²) in [5.74, 6) is 0.733. The fourth-order valence-corrected chi connectivity index (χ4v) is 4.94. The summed E-state index contributed by atoms with van der Waals surface area (Å²) < 4.78 is 31.0. The molecule has 1 aromatic heterocycles. The third kappa shape index (κ3) is 5.77. The van der Waals surface area contributed by atoms with E-state index >= 15 is 0 Å². The lowest BCUT2D eigenvalue weighted by Gasteiger charge is -2.26. The van der Waals surface area contributed by atoms with E-state index in [0.29, 0.717) is 46.2 Å². The molecule has 2 N–H and O–H groups in total. The molecule has 41 heavy (non-hydrogen) atoms. The van der Waals surface area contributed by atoms with E-state index in [-0.39, 0.29) is 42.9 Å². The van der Waals surface area contributed by atoms with Crippen molar-refractivity contribution < 1.29 is 33.3 Å². The number of benzene rings is 2. The van der Waals surface area contributed by atoms with Gasteiger partial charge in [-0.25, -0.2) is 9.37 Å². The molecular formula is C32H35FN2O6. The summed E-state index contributed by atoms with van der Waals surface area (Å²) in [5.41, 5.74) is -0.254. The molecule has 0 spiro atoms. The summed E-state index contributed by atoms with van der Waals surface area (Å²) in [6, 6.07) is 12.6. The molecule has 0 radical (unpaired) electrons. The summed E-state index contributed by atoms with van der Waals surface area (Å²) in [7, 11) is 1.53. The van der Waals surface area contributed by atoms with E-state index in [1.54, 1.807) is 50.2 Å². The van der Waals surface area contributed by atoms with Crippen LogP contribution in [0.4, 0.5) is 4.39 Å². The molecule has 1 amide bonds. The first-order chi connectivity index (χ1) is 19.6. The van der Waals surface area contributed by atoms with Crippen LogP contribution >= 0.6 is 0 Å². The molecule has 2 aliphatic rings. The SMILES string of the molecule is CCNC(=O)[C@@]1(C)COc2c1cc([C@@](C)(O)CCC(=O)c1ccc(OC3CC3)c(OC)c1)nc2-c1ccc(F)cc1. The number of aliphatic hydroxyl groups is 1. The third-order valence-corrected chi connectivity index (χ3v) is 7.72. The highest BCUT2D eigenvalue weighted by atomic mass is 19.1. The molecule has 1 fully saturated rings. The maximum atomic E-state index is 13.7. The number of aromatic nitrogens is 1. The first kappa shape index (κ1) is 28.5. The van der Waals surface area contributed by atoms with E-state index in [4.69, 9.17) is 19.2 Å². The summed E-state index contributed by atoms with van der Waals surface area (Å²) in [6.45, 7) is 5.76. The van der Waals surface area contributed by atoms with Crippen LogP contribution < -0.4 is 19.5 Å². The fourth-order valence-electron chi connectivity index (χ4n) is 4.94. The van der Waals surface area contributed by atoms with Gasteiger partial charge in [0.2, 0.25) is 5.91 Å². The number of amides is 1. The molecule has 0 bridgehead atoms. The van der Waals surface area contributed by atoms with Gasteiger partial charge in [-0.05, 0) is 88.6 Å². The van der Waals surface area contributed by atoms with Crippen LogP contribution in [0.25, 0.3) is 11.3 Å². The van der Waals surface area contributed by atoms with Crippen molar-refractivity contribution in [2.45, 2.75) is 63.6 Å². The standard InChI is InChI=1S/C32H35FN2O6/c1-5-34-30(37)31(2)18-40-29-23(31)17-27(35-28(29)19-6-9-21(33)10-7-19)32(3,38)15-14-24(36)20-8-13-25(26(16-20)39-4)41-22-11-12-22/h6-10,13,16-17,22,38H,5,11-12,14-15,18H2,1-4H3,(H,34,37)/t31-,32-/m0/s1. The monoisotopic (exact) mass is 562 g/mol. The molecule has 2 heterocycles. The highest BCUT2D eigenvalue weighted by molar-refractivity contribution is 5.96. The lowest BCUT2D eigenvalue weighted by atomic mass is 9.81. The highest BCUT2D eigenvalue weighted by Gasteiger charge is 2.46. The predicted molar refractivity (Wildman–Crippen MR) is 151 cm³/mol. The van der Waals surface area contributed by atoms with Gasteiger partial charge in [0.25, 0.3) is 0 Å². The Morgan fingerprint density at radius 3 is 2.56 bits per heavy atom. The molecule has 5 rings (SSSR count). The maximum absolute atomic E-state index is 13.7. The molecule has 3 aromatic rings. The van der Waals surface area contributed by atoms with Crippen molar-refractivity contribution in [2.24, 2.45) is 0 Å². The number of nitrogens with one attached hydrogen (secondary N) is 1. The molecular weight excluding hydrogens is 527 g/mol. The number of rotatable bonds is 11. The predicted octanol–water partition coefficient (Wildman–Crippen LogP) is 5.09. The van der Waals surface area contributed by atoms with Crippen LogP contribution in [0.5, 0.6) is 17.2 Å². The average molecular weight is 563 g/mol. The second-order valence-corrected chi connectivity index (χ2v) is 11.1. The third-order valence-electron chi connectivity index (χ3n) is 7.72. The summed E-state index contributed by atoms with van der Waals surface area (Å²) in [6.07, 6.45) is 2.32. The first-order valence-corrected chi connectivity index (χ1v) is 13.9. The van der Waals surface area contributed by atoms with Gasteiger partial charge in [0.15, 0.2) is 17.3 Å². The number of carbonyl (C=O) groups excluding carboxylic acids is 2. The average Bonchev–Trinajstić information content (AvgIpc) is 3.72. The van der Waals surface area contributed by atoms with Crippen LogP contribution in [0.15, 0.2) is 48.5 Å². The minimum atomic E-state index is -1.52. The molecule has 2 atom stereocenters. The minimum Gasteiger partial charge on any atom is -0.493 e. The zero-order valence-corrected chi connectivity index (χ0v) is 23.8. The number of ether oxygens (including phenoxy) is 3. The Balaban J connectivity index is 1.44. The molecule has 0 saturated heterocycles. The van der Waals surface area contributed by atoms with E-state index in [0.717, 1.165) is 12.8 Å². The van der Waals surface area contributed by atoms with Crippen LogP contribution in [0, 0.1) is 5.82 Å². The van der Waals surface area contributed by atoms with E-state index in [1.165, 1.54) is 19.2 Å². The number of hydrogen-bond donors (Lipinski definition) is 2. The van der Waals surface area contributed by atoms with Crippen LogP contribution in [0.3, 0.4) is 0 Å². The van der Waals surface area contributed by atoms with Crippen molar-refractivity contribution in [2.75, 3.05) is 20.3 Å². The smallest absolute Gasteiger partial charge is 0.233 e. The fraction of sp³-hybridized carbons (Fsp3) is 0.406. The number of Topliss-reactive ketones (excluding diaryl/α,β-unsaturated/α-hetero) is 1. The molecule has 1 saturated carbocycles. The van der Waals surface area contributed by atoms with E-state index in [1.807, 2.05) is 6.92 Å². The van der Waals surface area contributed by atoms with Crippen molar-refractivity contribution >= 4 is 11.7 Å². The van der Waals surface area contributed by atoms with Gasteiger partial charge in [0.05, 0.1) is 18.9 Å². The lowest BCUT2D eigenvalue weighted by Crippen LogP contribution is -2.43. The Hall–Kier alpha value is -3.98. The van der Waals surface area contributed by atoms with Crippen LogP contribution in [-0.2, 0) is 15.8 Å². The molecule has 2 aromatic carbocycles. The number of nitrogens with zero attached hydrogens (tertiary/aromatic N) is 1. The van der Waals surface area contributed by atoms with Crippen LogP contribution in [0.1, 0.15) is 68.1 Å². The number of hydrogen-bond acceptors (Lipinski definition) is 7. The Morgan fingerprint density at radius 2 is 1.90 bits per heavy atom. The van der Waals surface area contributed by atoms with Gasteiger partial charge in [0.1, 0.15) is 34.9 Å². The highest BCUT2D eigenvalue weighted by Crippen LogP contribution is 2.46. The number of halogens is 1.